The number of hydrogen-bond acceptors (Lipinski definition) is 9. The van der Waals surface area contributed by atoms with Crippen LogP contribution >= 0.6 is 23.1 Å². The van der Waals surface area contributed by atoms with E-state index in [0.717, 1.165) is 28.1 Å². The Morgan fingerprint density at radius 1 is 0.974 bits per heavy atom. The van der Waals surface area contributed by atoms with Crippen molar-refractivity contribution in [3.05, 3.63) is 77.9 Å². The minimum absolute atomic E-state index is 0.144. The van der Waals surface area contributed by atoms with Crippen molar-refractivity contribution in [2.45, 2.75) is 12.1 Å². The second-order valence-corrected chi connectivity index (χ2v) is 9.96. The number of hydrogen-bond donors (Lipinski definition) is 1. The highest BCUT2D eigenvalue weighted by Gasteiger charge is 2.18. The third-order valence-electron chi connectivity index (χ3n) is 5.63. The molecule has 0 saturated heterocycles. The molecule has 192 valence electrons. The van der Waals surface area contributed by atoms with Crippen molar-refractivity contribution in [2.24, 2.45) is 0 Å². The van der Waals surface area contributed by atoms with Gasteiger partial charge < -0.3 is 14.8 Å². The maximum absolute atomic E-state index is 12.8. The molecule has 3 aromatic heterocycles. The summed E-state index contributed by atoms with van der Waals surface area (Å²) in [7, 11) is 3.18. The van der Waals surface area contributed by atoms with Gasteiger partial charge in [-0.2, -0.15) is 0 Å². The molecule has 0 saturated carbocycles. The molecule has 0 atom stereocenters. The summed E-state index contributed by atoms with van der Waals surface area (Å²) in [5, 5.41) is 14.7. The molecular weight excluding hydrogens is 520 g/mol. The summed E-state index contributed by atoms with van der Waals surface area (Å²) in [6.45, 7) is 2.04. The second-order valence-electron chi connectivity index (χ2n) is 8.16. The van der Waals surface area contributed by atoms with Gasteiger partial charge in [-0.1, -0.05) is 29.5 Å². The van der Waals surface area contributed by atoms with Crippen molar-refractivity contribution in [3.8, 4) is 39.8 Å². The van der Waals surface area contributed by atoms with E-state index in [2.05, 4.69) is 25.5 Å². The minimum Gasteiger partial charge on any atom is -0.493 e. The minimum atomic E-state index is -0.188. The van der Waals surface area contributed by atoms with Crippen LogP contribution in [0.4, 0.5) is 5.13 Å². The van der Waals surface area contributed by atoms with Gasteiger partial charge in [-0.3, -0.25) is 14.3 Å². The first-order chi connectivity index (χ1) is 18.6. The lowest BCUT2D eigenvalue weighted by Crippen LogP contribution is -2.14. The van der Waals surface area contributed by atoms with Crippen LogP contribution in [0.5, 0.6) is 11.5 Å². The smallest absolute Gasteiger partial charge is 0.236 e. The van der Waals surface area contributed by atoms with Crippen LogP contribution in [0.2, 0.25) is 0 Å². The molecule has 2 aromatic carbocycles. The van der Waals surface area contributed by atoms with Crippen LogP contribution in [0, 0.1) is 6.92 Å². The molecule has 0 unspecified atom stereocenters. The van der Waals surface area contributed by atoms with Crippen molar-refractivity contribution in [1.82, 2.24) is 24.7 Å². The van der Waals surface area contributed by atoms with Gasteiger partial charge in [-0.25, -0.2) is 4.98 Å². The van der Waals surface area contributed by atoms with Gasteiger partial charge >= 0.3 is 0 Å². The molecular formula is C27H24N6O3S2. The lowest BCUT2D eigenvalue weighted by molar-refractivity contribution is -0.113. The van der Waals surface area contributed by atoms with E-state index in [-0.39, 0.29) is 11.7 Å². The summed E-state index contributed by atoms with van der Waals surface area (Å²) in [6.07, 6.45) is 3.43. The van der Waals surface area contributed by atoms with Gasteiger partial charge in [-0.05, 0) is 49.4 Å². The predicted octanol–water partition coefficient (Wildman–Crippen LogP) is 5.51. The quantitative estimate of drug-likeness (QED) is 0.242. The topological polar surface area (TPSA) is 104 Å². The number of aryl methyl sites for hydroxylation is 1. The molecule has 38 heavy (non-hydrogen) atoms. The Balaban J connectivity index is 1.31. The average molecular weight is 545 g/mol. The summed E-state index contributed by atoms with van der Waals surface area (Å²) >= 11 is 2.67. The van der Waals surface area contributed by atoms with Crippen LogP contribution in [0.1, 0.15) is 5.56 Å². The molecule has 1 N–H and O–H groups in total. The largest absolute Gasteiger partial charge is 0.493 e. The van der Waals surface area contributed by atoms with Gasteiger partial charge in [0.1, 0.15) is 0 Å². The number of nitrogens with zero attached hydrogens (tertiary/aromatic N) is 5. The van der Waals surface area contributed by atoms with Crippen LogP contribution in [-0.4, -0.2) is 50.6 Å². The number of thioether (sulfide) groups is 1. The number of aromatic nitrogens is 5. The van der Waals surface area contributed by atoms with Crippen LogP contribution in [-0.2, 0) is 4.79 Å². The van der Waals surface area contributed by atoms with Crippen molar-refractivity contribution in [1.29, 1.82) is 0 Å². The van der Waals surface area contributed by atoms with Crippen molar-refractivity contribution in [2.75, 3.05) is 25.3 Å². The van der Waals surface area contributed by atoms with E-state index in [9.17, 15) is 4.79 Å². The molecule has 0 aliphatic heterocycles. The first kappa shape index (κ1) is 25.4. The van der Waals surface area contributed by atoms with E-state index in [4.69, 9.17) is 9.47 Å². The number of nitrogens with one attached hydrogen (secondary N) is 1. The third kappa shape index (κ3) is 5.53. The summed E-state index contributed by atoms with van der Waals surface area (Å²) in [5.74, 6) is 1.89. The first-order valence-corrected chi connectivity index (χ1v) is 13.5. The highest BCUT2D eigenvalue weighted by molar-refractivity contribution is 7.99. The number of anilines is 1. The lowest BCUT2D eigenvalue weighted by Gasteiger charge is -2.10. The Hall–Kier alpha value is -4.22. The number of amides is 1. The van der Waals surface area contributed by atoms with Crippen LogP contribution in [0.3, 0.4) is 0 Å². The first-order valence-electron chi connectivity index (χ1n) is 11.6. The standard InChI is InChI=1S/C27H24N6O3S2/c1-17-4-7-20(8-5-17)33-25(18-10-12-28-13-11-18)31-32-27(33)38-16-24(34)30-26-29-21(15-37-26)19-6-9-22(35-2)23(14-19)36-3/h4-15H,16H2,1-3H3,(H,29,30,34). The Morgan fingerprint density at radius 3 is 2.47 bits per heavy atom. The van der Waals surface area contributed by atoms with Gasteiger partial charge in [-0.15, -0.1) is 21.5 Å². The average Bonchev–Trinajstić information content (AvgIpc) is 3.60. The van der Waals surface area contributed by atoms with Crippen LogP contribution in [0.25, 0.3) is 28.3 Å². The molecule has 3 heterocycles. The van der Waals surface area contributed by atoms with Gasteiger partial charge in [0.2, 0.25) is 5.91 Å². The van der Waals surface area contributed by atoms with Crippen LogP contribution in [0.15, 0.2) is 77.5 Å². The fraction of sp³-hybridized carbons (Fsp3) is 0.148. The number of ether oxygens (including phenoxy) is 2. The monoisotopic (exact) mass is 544 g/mol. The zero-order chi connectivity index (χ0) is 26.5. The maximum Gasteiger partial charge on any atom is 0.236 e. The Labute approximate surface area is 227 Å². The summed E-state index contributed by atoms with van der Waals surface area (Å²) in [6, 6.07) is 17.4. The Bertz CT molecular complexity index is 1550. The predicted molar refractivity (Wildman–Crippen MR) is 149 cm³/mol. The molecule has 5 rings (SSSR count). The normalized spacial score (nSPS) is 10.8. The molecule has 1 amide bonds. The molecule has 0 fully saturated rings. The molecule has 0 aliphatic rings. The number of methoxy groups -OCH3 is 2. The van der Waals surface area contributed by atoms with E-state index >= 15 is 0 Å². The van der Waals surface area contributed by atoms with Gasteiger partial charge in [0.25, 0.3) is 0 Å². The van der Waals surface area contributed by atoms with E-state index in [0.29, 0.717) is 27.6 Å². The number of rotatable bonds is 9. The summed E-state index contributed by atoms with van der Waals surface area (Å²) < 4.78 is 12.6. The maximum atomic E-state index is 12.8. The molecule has 0 aliphatic carbocycles. The van der Waals surface area contributed by atoms with Gasteiger partial charge in [0.05, 0.1) is 25.7 Å². The zero-order valence-corrected chi connectivity index (χ0v) is 22.5. The highest BCUT2D eigenvalue weighted by atomic mass is 32.2. The highest BCUT2D eigenvalue weighted by Crippen LogP contribution is 2.34. The van der Waals surface area contributed by atoms with E-state index < -0.39 is 0 Å². The van der Waals surface area contributed by atoms with E-state index in [1.54, 1.807) is 26.6 Å². The molecule has 11 heteroatoms. The van der Waals surface area contributed by atoms with Crippen molar-refractivity contribution in [3.63, 3.8) is 0 Å². The van der Waals surface area contributed by atoms with E-state index in [1.165, 1.54) is 23.1 Å². The van der Waals surface area contributed by atoms with Crippen LogP contribution < -0.4 is 14.8 Å². The molecule has 5 aromatic rings. The molecule has 0 radical (unpaired) electrons. The number of pyridine rings is 1. The van der Waals surface area contributed by atoms with Crippen molar-refractivity contribution < 1.29 is 14.3 Å². The number of thiazole rings is 1. The summed E-state index contributed by atoms with van der Waals surface area (Å²) in [5.41, 5.74) is 4.55. The SMILES string of the molecule is COc1ccc(-c2csc(NC(=O)CSc3nnc(-c4ccncc4)n3-c3ccc(C)cc3)n2)cc1OC. The van der Waals surface area contributed by atoms with Crippen molar-refractivity contribution >= 4 is 34.1 Å². The summed E-state index contributed by atoms with van der Waals surface area (Å²) in [4.78, 5) is 21.5. The molecule has 0 bridgehead atoms. The second kappa shape index (κ2) is 11.4. The van der Waals surface area contributed by atoms with E-state index in [1.807, 2.05) is 71.5 Å². The number of carbonyl (C=O) groups excluding carboxylic acids is 1. The third-order valence-corrected chi connectivity index (χ3v) is 7.31. The Kier molecular flexibility index (Phi) is 7.66. The zero-order valence-electron chi connectivity index (χ0n) is 20.9. The van der Waals surface area contributed by atoms with Gasteiger partial charge in [0.15, 0.2) is 27.6 Å². The fourth-order valence-corrected chi connectivity index (χ4v) is 5.21. The fourth-order valence-electron chi connectivity index (χ4n) is 3.72. The molecule has 9 nitrogen and oxygen atoms in total. The Morgan fingerprint density at radius 2 is 1.74 bits per heavy atom. The number of benzene rings is 2. The lowest BCUT2D eigenvalue weighted by atomic mass is 10.1. The van der Waals surface area contributed by atoms with Gasteiger partial charge in [0, 0.05) is 34.6 Å². The number of carbonyl (C=O) groups is 1. The molecule has 0 spiro atoms.